The van der Waals surface area contributed by atoms with Crippen LogP contribution in [0, 0.1) is 0 Å². The van der Waals surface area contributed by atoms with Gasteiger partial charge in [0.05, 0.1) is 24.8 Å². The Balaban J connectivity index is 0.00000420. The number of aryl methyl sites for hydroxylation is 1. The van der Waals surface area contributed by atoms with Crippen molar-refractivity contribution in [3.8, 4) is 5.75 Å². The third-order valence-electron chi connectivity index (χ3n) is 3.94. The van der Waals surface area contributed by atoms with Crippen molar-refractivity contribution in [3.05, 3.63) is 47.8 Å². The fraction of sp³-hybridized carbons (Fsp3) is 0.474. The smallest absolute Gasteiger partial charge is 0.416 e. The van der Waals surface area contributed by atoms with E-state index in [1.807, 2.05) is 27.1 Å². The Morgan fingerprint density at radius 2 is 2.03 bits per heavy atom. The van der Waals surface area contributed by atoms with E-state index < -0.39 is 11.7 Å². The Labute approximate surface area is 185 Å². The first kappa shape index (κ1) is 25.1. The summed E-state index contributed by atoms with van der Waals surface area (Å²) in [5.74, 6) is 0.804. The third-order valence-corrected chi connectivity index (χ3v) is 3.94. The minimum Gasteiger partial charge on any atom is -0.489 e. The lowest BCUT2D eigenvalue weighted by Gasteiger charge is -2.20. The highest BCUT2D eigenvalue weighted by atomic mass is 127. The monoisotopic (exact) mass is 525 g/mol. The summed E-state index contributed by atoms with van der Waals surface area (Å²) >= 11 is 0. The topological polar surface area (TPSA) is 63.5 Å². The summed E-state index contributed by atoms with van der Waals surface area (Å²) in [6, 6.07) is 4.92. The van der Waals surface area contributed by atoms with Crippen LogP contribution in [0.1, 0.15) is 31.4 Å². The molecule has 0 aliphatic rings. The van der Waals surface area contributed by atoms with Gasteiger partial charge in [-0.25, -0.2) is 4.99 Å². The van der Waals surface area contributed by atoms with Crippen molar-refractivity contribution in [1.29, 1.82) is 0 Å². The van der Waals surface area contributed by atoms with Crippen molar-refractivity contribution < 1.29 is 17.9 Å². The first-order valence-corrected chi connectivity index (χ1v) is 9.15. The minimum atomic E-state index is -4.39. The van der Waals surface area contributed by atoms with Gasteiger partial charge in [-0.05, 0) is 31.5 Å². The van der Waals surface area contributed by atoms with Crippen LogP contribution in [-0.4, -0.2) is 34.9 Å². The second-order valence-electron chi connectivity index (χ2n) is 6.27. The molecule has 0 bridgehead atoms. The number of guanidine groups is 1. The number of nitrogens with zero attached hydrogens (tertiary/aromatic N) is 3. The highest BCUT2D eigenvalue weighted by molar-refractivity contribution is 14.0. The van der Waals surface area contributed by atoms with Gasteiger partial charge in [0.1, 0.15) is 11.9 Å². The molecule has 0 radical (unpaired) electrons. The Morgan fingerprint density at radius 3 is 2.62 bits per heavy atom. The summed E-state index contributed by atoms with van der Waals surface area (Å²) in [5, 5.41) is 10.4. The number of rotatable bonds is 8. The number of halogens is 4. The van der Waals surface area contributed by atoms with E-state index in [4.69, 9.17) is 4.74 Å². The van der Waals surface area contributed by atoms with Crippen LogP contribution in [0.25, 0.3) is 0 Å². The number of benzene rings is 1. The summed E-state index contributed by atoms with van der Waals surface area (Å²) in [5.41, 5.74) is 0.256. The molecule has 6 nitrogen and oxygen atoms in total. The van der Waals surface area contributed by atoms with Gasteiger partial charge in [-0.2, -0.15) is 18.3 Å². The highest BCUT2D eigenvalue weighted by Gasteiger charge is 2.30. The Morgan fingerprint density at radius 1 is 1.28 bits per heavy atom. The van der Waals surface area contributed by atoms with Crippen LogP contribution in [0.4, 0.5) is 13.2 Å². The largest absolute Gasteiger partial charge is 0.489 e. The number of aliphatic imine (C=N–C) groups is 1. The SMILES string of the molecule is CCNC(=NCc1cnn(C)c1)NCC(CC)Oc1cccc(C(F)(F)F)c1.I. The van der Waals surface area contributed by atoms with Crippen LogP contribution in [0.15, 0.2) is 41.7 Å². The molecule has 0 saturated carbocycles. The molecule has 162 valence electrons. The first-order chi connectivity index (χ1) is 13.3. The molecule has 2 N–H and O–H groups in total. The predicted octanol–water partition coefficient (Wildman–Crippen LogP) is 3.97. The van der Waals surface area contributed by atoms with Crippen LogP contribution in [0.5, 0.6) is 5.75 Å². The molecule has 0 aliphatic carbocycles. The van der Waals surface area contributed by atoms with Crippen molar-refractivity contribution in [2.24, 2.45) is 12.0 Å². The number of alkyl halides is 3. The summed E-state index contributed by atoms with van der Waals surface area (Å²) < 4.78 is 46.0. The Kier molecular flexibility index (Phi) is 10.3. The van der Waals surface area contributed by atoms with Gasteiger partial charge < -0.3 is 15.4 Å². The maximum atomic E-state index is 12.9. The lowest BCUT2D eigenvalue weighted by molar-refractivity contribution is -0.137. The van der Waals surface area contributed by atoms with E-state index in [1.54, 1.807) is 10.9 Å². The molecule has 29 heavy (non-hydrogen) atoms. The summed E-state index contributed by atoms with van der Waals surface area (Å²) in [6.45, 7) is 5.43. The summed E-state index contributed by atoms with van der Waals surface area (Å²) in [4.78, 5) is 4.49. The molecular weight excluding hydrogens is 498 g/mol. The van der Waals surface area contributed by atoms with Crippen LogP contribution in [-0.2, 0) is 19.8 Å². The predicted molar refractivity (Wildman–Crippen MR) is 118 cm³/mol. The molecule has 10 heteroatoms. The Bertz CT molecular complexity index is 779. The van der Waals surface area contributed by atoms with E-state index in [0.717, 1.165) is 17.7 Å². The second kappa shape index (κ2) is 11.9. The molecule has 1 heterocycles. The molecule has 2 aromatic rings. The van der Waals surface area contributed by atoms with E-state index in [2.05, 4.69) is 20.7 Å². The van der Waals surface area contributed by atoms with Crippen molar-refractivity contribution in [3.63, 3.8) is 0 Å². The molecular formula is C19H27F3IN5O. The quantitative estimate of drug-likeness (QED) is 0.311. The lowest BCUT2D eigenvalue weighted by atomic mass is 10.2. The number of ether oxygens (including phenoxy) is 1. The second-order valence-corrected chi connectivity index (χ2v) is 6.27. The molecule has 2 rings (SSSR count). The van der Waals surface area contributed by atoms with E-state index in [0.29, 0.717) is 32.0 Å². The van der Waals surface area contributed by atoms with Crippen molar-refractivity contribution in [1.82, 2.24) is 20.4 Å². The molecule has 1 aromatic heterocycles. The van der Waals surface area contributed by atoms with Crippen LogP contribution in [0.2, 0.25) is 0 Å². The van der Waals surface area contributed by atoms with Gasteiger partial charge in [-0.3, -0.25) is 4.68 Å². The summed E-state index contributed by atoms with van der Waals surface area (Å²) in [6.07, 6.45) is -0.426. The molecule has 0 amide bonds. The van der Waals surface area contributed by atoms with Gasteiger partial charge in [-0.1, -0.05) is 13.0 Å². The standard InChI is InChI=1S/C19H26F3N5O.HI/c1-4-16(28-17-8-6-7-15(9-17)19(20,21)22)12-25-18(23-5-2)24-10-14-11-26-27(3)13-14;/h6-9,11,13,16H,4-5,10,12H2,1-3H3,(H2,23,24,25);1H. The zero-order valence-electron chi connectivity index (χ0n) is 16.7. The van der Waals surface area contributed by atoms with Crippen LogP contribution < -0.4 is 15.4 Å². The number of hydrogen-bond donors (Lipinski definition) is 2. The fourth-order valence-electron chi connectivity index (χ4n) is 2.48. The number of aromatic nitrogens is 2. The van der Waals surface area contributed by atoms with Crippen molar-refractivity contribution in [2.75, 3.05) is 13.1 Å². The first-order valence-electron chi connectivity index (χ1n) is 9.15. The van der Waals surface area contributed by atoms with Crippen LogP contribution >= 0.6 is 24.0 Å². The molecule has 0 saturated heterocycles. The average Bonchev–Trinajstić information content (AvgIpc) is 3.07. The van der Waals surface area contributed by atoms with E-state index >= 15 is 0 Å². The van der Waals surface area contributed by atoms with Gasteiger partial charge in [0.2, 0.25) is 0 Å². The maximum absolute atomic E-state index is 12.9. The number of hydrogen-bond acceptors (Lipinski definition) is 3. The number of nitrogens with one attached hydrogen (secondary N) is 2. The van der Waals surface area contributed by atoms with Crippen molar-refractivity contribution in [2.45, 2.75) is 39.1 Å². The highest BCUT2D eigenvalue weighted by Crippen LogP contribution is 2.31. The van der Waals surface area contributed by atoms with Gasteiger partial charge in [0, 0.05) is 25.4 Å². The molecule has 0 aliphatic heterocycles. The van der Waals surface area contributed by atoms with Gasteiger partial charge in [0.15, 0.2) is 5.96 Å². The third kappa shape index (κ3) is 8.50. The molecule has 1 aromatic carbocycles. The van der Waals surface area contributed by atoms with Gasteiger partial charge in [-0.15, -0.1) is 24.0 Å². The minimum absolute atomic E-state index is 0. The molecule has 1 unspecified atom stereocenters. The van der Waals surface area contributed by atoms with Crippen molar-refractivity contribution >= 4 is 29.9 Å². The van der Waals surface area contributed by atoms with Crippen LogP contribution in [0.3, 0.4) is 0 Å². The normalized spacial score (nSPS) is 12.8. The molecule has 1 atom stereocenters. The Hall–Kier alpha value is -1.98. The van der Waals surface area contributed by atoms with E-state index in [9.17, 15) is 13.2 Å². The lowest BCUT2D eigenvalue weighted by Crippen LogP contribution is -2.42. The van der Waals surface area contributed by atoms with Gasteiger partial charge >= 0.3 is 6.18 Å². The zero-order valence-corrected chi connectivity index (χ0v) is 19.0. The van der Waals surface area contributed by atoms with E-state index in [-0.39, 0.29) is 35.8 Å². The molecule has 0 fully saturated rings. The van der Waals surface area contributed by atoms with E-state index in [1.165, 1.54) is 12.1 Å². The van der Waals surface area contributed by atoms with Gasteiger partial charge in [0.25, 0.3) is 0 Å². The average molecular weight is 525 g/mol. The maximum Gasteiger partial charge on any atom is 0.416 e. The molecule has 0 spiro atoms. The fourth-order valence-corrected chi connectivity index (χ4v) is 2.48. The summed E-state index contributed by atoms with van der Waals surface area (Å²) in [7, 11) is 1.84. The zero-order chi connectivity index (χ0) is 20.6.